The summed E-state index contributed by atoms with van der Waals surface area (Å²) in [5.41, 5.74) is 10.9. The molecule has 2 rings (SSSR count). The van der Waals surface area contributed by atoms with Gasteiger partial charge in [-0.2, -0.15) is 5.10 Å². The minimum atomic E-state index is -0.339. The van der Waals surface area contributed by atoms with Crippen molar-refractivity contribution in [2.45, 2.75) is 25.9 Å². The third kappa shape index (κ3) is 2.91. The number of hydrogen-bond donors (Lipinski definition) is 3. The predicted octanol–water partition coefficient (Wildman–Crippen LogP) is 2.73. The molecule has 0 radical (unpaired) electrons. The van der Waals surface area contributed by atoms with Gasteiger partial charge >= 0.3 is 0 Å². The summed E-state index contributed by atoms with van der Waals surface area (Å²) < 4.78 is 1.83. The Balaban J connectivity index is 2.49. The highest BCUT2D eigenvalue weighted by Crippen LogP contribution is 2.32. The maximum absolute atomic E-state index is 6.24. The Hall–Kier alpha value is -1.27. The maximum atomic E-state index is 6.24. The van der Waals surface area contributed by atoms with Gasteiger partial charge in [0.25, 0.3) is 0 Å². The molecule has 1 unspecified atom stereocenters. The topological polar surface area (TPSA) is 81.9 Å². The first-order valence-corrected chi connectivity index (χ1v) is 7.06. The lowest BCUT2D eigenvalue weighted by molar-refractivity contribution is 0.522. The summed E-state index contributed by atoms with van der Waals surface area (Å²) in [6.07, 6.45) is 2.56. The number of nitrogens with two attached hydrogens (primary N) is 2. The van der Waals surface area contributed by atoms with Gasteiger partial charge in [-0.1, -0.05) is 36.2 Å². The zero-order valence-electron chi connectivity index (χ0n) is 11.1. The molecule has 2 aromatic rings. The second-order valence-corrected chi connectivity index (χ2v) is 5.32. The molecule has 7 heteroatoms. The van der Waals surface area contributed by atoms with Crippen molar-refractivity contribution in [1.82, 2.24) is 15.2 Å². The molecule has 5 nitrogen and oxygen atoms in total. The monoisotopic (exact) mass is 313 g/mol. The van der Waals surface area contributed by atoms with Gasteiger partial charge in [0.15, 0.2) is 0 Å². The second-order valence-electron chi connectivity index (χ2n) is 4.47. The van der Waals surface area contributed by atoms with Gasteiger partial charge in [-0.25, -0.2) is 5.43 Å². The lowest BCUT2D eigenvalue weighted by atomic mass is 10.0. The molecule has 1 heterocycles. The highest BCUT2D eigenvalue weighted by atomic mass is 35.5. The largest absolute Gasteiger partial charge is 0.398 e. The van der Waals surface area contributed by atoms with E-state index in [0.29, 0.717) is 15.7 Å². The molecule has 1 atom stereocenters. The van der Waals surface area contributed by atoms with Crippen molar-refractivity contribution >= 4 is 28.9 Å². The normalized spacial score (nSPS) is 12.6. The van der Waals surface area contributed by atoms with Crippen LogP contribution in [-0.4, -0.2) is 9.78 Å². The number of benzene rings is 1. The van der Waals surface area contributed by atoms with Gasteiger partial charge in [0.1, 0.15) is 0 Å². The summed E-state index contributed by atoms with van der Waals surface area (Å²) in [4.78, 5) is 0. The number of hydrogen-bond acceptors (Lipinski definition) is 4. The Kier molecular flexibility index (Phi) is 4.88. The van der Waals surface area contributed by atoms with Crippen molar-refractivity contribution < 1.29 is 0 Å². The van der Waals surface area contributed by atoms with E-state index in [1.807, 2.05) is 10.7 Å². The van der Waals surface area contributed by atoms with E-state index in [1.165, 1.54) is 0 Å². The summed E-state index contributed by atoms with van der Waals surface area (Å²) in [5, 5.41) is 5.40. The number of rotatable bonds is 5. The number of nitrogens with zero attached hydrogens (tertiary/aromatic N) is 2. The lowest BCUT2D eigenvalue weighted by Crippen LogP contribution is -2.31. The van der Waals surface area contributed by atoms with Crippen LogP contribution < -0.4 is 17.0 Å². The average Bonchev–Trinajstić information content (AvgIpc) is 2.75. The van der Waals surface area contributed by atoms with Gasteiger partial charge in [0.05, 0.1) is 23.0 Å². The summed E-state index contributed by atoms with van der Waals surface area (Å²) >= 11 is 12.2. The van der Waals surface area contributed by atoms with Crippen LogP contribution >= 0.6 is 23.2 Å². The zero-order chi connectivity index (χ0) is 14.7. The molecule has 0 saturated heterocycles. The fourth-order valence-electron chi connectivity index (χ4n) is 2.17. The zero-order valence-corrected chi connectivity index (χ0v) is 12.6. The van der Waals surface area contributed by atoms with Gasteiger partial charge in [-0.15, -0.1) is 0 Å². The van der Waals surface area contributed by atoms with Crippen LogP contribution in [0.25, 0.3) is 0 Å². The summed E-state index contributed by atoms with van der Waals surface area (Å²) in [6.45, 7) is 2.83. The SMILES string of the molecule is CCCn1ncc(Cl)c1C(NN)c1ccc(Cl)cc1N. The predicted molar refractivity (Wildman–Crippen MR) is 82.6 cm³/mol. The van der Waals surface area contributed by atoms with Crippen LogP contribution in [0, 0.1) is 0 Å². The highest BCUT2D eigenvalue weighted by molar-refractivity contribution is 6.31. The van der Waals surface area contributed by atoms with Crippen LogP contribution in [0.3, 0.4) is 0 Å². The smallest absolute Gasteiger partial charge is 0.0913 e. The Bertz CT molecular complexity index is 596. The van der Waals surface area contributed by atoms with Crippen molar-refractivity contribution in [2.75, 3.05) is 5.73 Å². The van der Waals surface area contributed by atoms with E-state index < -0.39 is 0 Å². The number of hydrazine groups is 1. The van der Waals surface area contributed by atoms with Crippen LogP contribution in [0.1, 0.15) is 30.6 Å². The van der Waals surface area contributed by atoms with Crippen LogP contribution in [-0.2, 0) is 6.54 Å². The first kappa shape index (κ1) is 15.1. The first-order chi connectivity index (χ1) is 9.58. The van der Waals surface area contributed by atoms with E-state index in [-0.39, 0.29) is 6.04 Å². The molecule has 108 valence electrons. The van der Waals surface area contributed by atoms with Gasteiger partial charge in [-0.3, -0.25) is 10.5 Å². The quantitative estimate of drug-likeness (QED) is 0.450. The Morgan fingerprint density at radius 3 is 2.75 bits per heavy atom. The van der Waals surface area contributed by atoms with Crippen molar-refractivity contribution in [3.05, 3.63) is 45.7 Å². The van der Waals surface area contributed by atoms with Crippen LogP contribution in [0.5, 0.6) is 0 Å². The molecule has 0 amide bonds. The van der Waals surface area contributed by atoms with Gasteiger partial charge in [0, 0.05) is 17.3 Å². The molecule has 20 heavy (non-hydrogen) atoms. The summed E-state index contributed by atoms with van der Waals surface area (Å²) in [6, 6.07) is 4.96. The lowest BCUT2D eigenvalue weighted by Gasteiger charge is -2.20. The van der Waals surface area contributed by atoms with E-state index in [4.69, 9.17) is 34.8 Å². The highest BCUT2D eigenvalue weighted by Gasteiger charge is 2.22. The molecule has 0 spiro atoms. The minimum absolute atomic E-state index is 0.339. The summed E-state index contributed by atoms with van der Waals surface area (Å²) in [7, 11) is 0. The van der Waals surface area contributed by atoms with Crippen molar-refractivity contribution in [1.29, 1.82) is 0 Å². The van der Waals surface area contributed by atoms with Gasteiger partial charge in [0.2, 0.25) is 0 Å². The molecule has 0 saturated carbocycles. The van der Waals surface area contributed by atoms with E-state index in [1.54, 1.807) is 18.3 Å². The fourth-order valence-corrected chi connectivity index (χ4v) is 2.60. The van der Waals surface area contributed by atoms with E-state index in [9.17, 15) is 0 Å². The number of nitrogens with one attached hydrogen (secondary N) is 1. The Morgan fingerprint density at radius 1 is 1.40 bits per heavy atom. The standard InChI is InChI=1S/C13H17Cl2N5/c1-2-5-20-13(10(15)7-18-20)12(19-17)9-4-3-8(14)6-11(9)16/h3-4,6-7,12,19H,2,5,16-17H2,1H3. The number of anilines is 1. The third-order valence-electron chi connectivity index (χ3n) is 3.07. The number of nitrogen functional groups attached to an aromatic ring is 1. The first-order valence-electron chi connectivity index (χ1n) is 6.30. The average molecular weight is 314 g/mol. The van der Waals surface area contributed by atoms with Crippen molar-refractivity contribution in [2.24, 2.45) is 5.84 Å². The number of aromatic nitrogens is 2. The molecule has 0 aliphatic heterocycles. The molecule has 0 fully saturated rings. The molecule has 0 aliphatic rings. The maximum Gasteiger partial charge on any atom is 0.0913 e. The van der Waals surface area contributed by atoms with Crippen molar-refractivity contribution in [3.63, 3.8) is 0 Å². The van der Waals surface area contributed by atoms with E-state index >= 15 is 0 Å². The minimum Gasteiger partial charge on any atom is -0.398 e. The van der Waals surface area contributed by atoms with Crippen LogP contribution in [0.15, 0.2) is 24.4 Å². The van der Waals surface area contributed by atoms with Crippen LogP contribution in [0.2, 0.25) is 10.0 Å². The summed E-state index contributed by atoms with van der Waals surface area (Å²) in [5.74, 6) is 5.70. The molecule has 0 aliphatic carbocycles. The molecular formula is C13H17Cl2N5. The second kappa shape index (κ2) is 6.45. The Morgan fingerprint density at radius 2 is 2.15 bits per heavy atom. The molecule has 1 aromatic heterocycles. The third-order valence-corrected chi connectivity index (χ3v) is 3.59. The van der Waals surface area contributed by atoms with E-state index in [2.05, 4.69) is 17.4 Å². The fraction of sp³-hybridized carbons (Fsp3) is 0.308. The number of aryl methyl sites for hydroxylation is 1. The molecule has 0 bridgehead atoms. The van der Waals surface area contributed by atoms with Crippen molar-refractivity contribution in [3.8, 4) is 0 Å². The van der Waals surface area contributed by atoms with E-state index in [0.717, 1.165) is 24.2 Å². The molecule has 5 N–H and O–H groups in total. The Labute approximate surface area is 127 Å². The number of halogens is 2. The van der Waals surface area contributed by atoms with Crippen LogP contribution in [0.4, 0.5) is 5.69 Å². The van der Waals surface area contributed by atoms with Gasteiger partial charge in [-0.05, 0) is 24.1 Å². The molecular weight excluding hydrogens is 297 g/mol. The molecule has 1 aromatic carbocycles. The van der Waals surface area contributed by atoms with Gasteiger partial charge < -0.3 is 5.73 Å².